The Morgan fingerprint density at radius 2 is 2.37 bits per heavy atom. The van der Waals surface area contributed by atoms with E-state index in [2.05, 4.69) is 37.3 Å². The molecule has 0 spiro atoms. The summed E-state index contributed by atoms with van der Waals surface area (Å²) in [4.78, 5) is 19.1. The molecule has 19 heavy (non-hydrogen) atoms. The summed E-state index contributed by atoms with van der Waals surface area (Å²) >= 11 is 1.51. The van der Waals surface area contributed by atoms with E-state index in [0.29, 0.717) is 18.2 Å². The maximum absolute atomic E-state index is 12.1. The van der Waals surface area contributed by atoms with E-state index in [4.69, 9.17) is 5.26 Å². The zero-order valence-corrected chi connectivity index (χ0v) is 12.3. The summed E-state index contributed by atoms with van der Waals surface area (Å²) in [6, 6.07) is 0. The van der Waals surface area contributed by atoms with E-state index in [1.807, 2.05) is 6.20 Å². The molecule has 102 valence electrons. The molecule has 1 N–H and O–H groups in total. The molecule has 1 fully saturated rings. The molecule has 1 unspecified atom stereocenters. The molecule has 0 radical (unpaired) electrons. The molecule has 2 rings (SSSR count). The van der Waals surface area contributed by atoms with Gasteiger partial charge in [-0.2, -0.15) is 5.26 Å². The third-order valence-electron chi connectivity index (χ3n) is 3.18. The predicted molar refractivity (Wildman–Crippen MR) is 74.7 cm³/mol. The first-order valence-corrected chi connectivity index (χ1v) is 7.13. The molecule has 2 heterocycles. The van der Waals surface area contributed by atoms with Crippen molar-refractivity contribution in [1.29, 1.82) is 5.26 Å². The van der Waals surface area contributed by atoms with E-state index < -0.39 is 0 Å². The second kappa shape index (κ2) is 5.17. The molecule has 1 aromatic heterocycles. The van der Waals surface area contributed by atoms with E-state index in [0.717, 1.165) is 11.3 Å². The van der Waals surface area contributed by atoms with Gasteiger partial charge in [-0.3, -0.25) is 4.79 Å². The lowest BCUT2D eigenvalue weighted by Gasteiger charge is -2.14. The minimum absolute atomic E-state index is 0.0347. The zero-order valence-electron chi connectivity index (χ0n) is 11.4. The normalized spacial score (nSPS) is 19.3. The van der Waals surface area contributed by atoms with Crippen LogP contribution in [0.2, 0.25) is 0 Å². The lowest BCUT2D eigenvalue weighted by atomic mass is 9.96. The van der Waals surface area contributed by atoms with Gasteiger partial charge >= 0.3 is 0 Å². The minimum atomic E-state index is -0.110. The number of nitrogens with zero attached hydrogens (tertiary/aromatic N) is 3. The fourth-order valence-corrected chi connectivity index (χ4v) is 2.83. The number of nitriles is 1. The summed E-state index contributed by atoms with van der Waals surface area (Å²) in [5.74, 6) is -0.144. The number of anilines is 1. The van der Waals surface area contributed by atoms with E-state index in [1.54, 1.807) is 4.90 Å². The molecule has 0 aliphatic carbocycles. The molecule has 1 atom stereocenters. The average molecular weight is 278 g/mol. The van der Waals surface area contributed by atoms with Crippen LogP contribution in [0.1, 0.15) is 32.1 Å². The lowest BCUT2D eigenvalue weighted by Crippen LogP contribution is -2.25. The zero-order chi connectivity index (χ0) is 14.0. The molecule has 1 saturated heterocycles. The smallest absolute Gasteiger partial charge is 0.231 e. The van der Waals surface area contributed by atoms with Gasteiger partial charge in [0.05, 0.1) is 5.92 Å². The van der Waals surface area contributed by atoms with Crippen molar-refractivity contribution in [3.05, 3.63) is 11.1 Å². The molecule has 6 heteroatoms. The Morgan fingerprint density at radius 1 is 1.63 bits per heavy atom. The first-order valence-electron chi connectivity index (χ1n) is 6.32. The van der Waals surface area contributed by atoms with Crippen LogP contribution in [-0.4, -0.2) is 28.9 Å². The number of hydrogen-bond acceptors (Lipinski definition) is 5. The summed E-state index contributed by atoms with van der Waals surface area (Å²) in [6.45, 7) is 7.54. The Bertz CT molecular complexity index is 511. The third-order valence-corrected chi connectivity index (χ3v) is 4.51. The van der Waals surface area contributed by atoms with Crippen molar-refractivity contribution in [3.63, 3.8) is 0 Å². The SMILES string of the molecule is CC(C)(C)c1cnc(NC(=O)C2CCN(C#N)C2)s1. The lowest BCUT2D eigenvalue weighted by molar-refractivity contribution is -0.119. The molecule has 1 aromatic rings. The second-order valence-electron chi connectivity index (χ2n) is 5.80. The number of carbonyl (C=O) groups is 1. The van der Waals surface area contributed by atoms with Crippen LogP contribution >= 0.6 is 11.3 Å². The molecule has 5 nitrogen and oxygen atoms in total. The Labute approximate surface area is 117 Å². The van der Waals surface area contributed by atoms with Crippen molar-refractivity contribution >= 4 is 22.4 Å². The predicted octanol–water partition coefficient (Wildman–Crippen LogP) is 2.18. The van der Waals surface area contributed by atoms with E-state index >= 15 is 0 Å². The van der Waals surface area contributed by atoms with Gasteiger partial charge in [0.2, 0.25) is 5.91 Å². The summed E-state index contributed by atoms with van der Waals surface area (Å²) in [5, 5.41) is 12.3. The van der Waals surface area contributed by atoms with Crippen molar-refractivity contribution in [2.24, 2.45) is 5.92 Å². The maximum Gasteiger partial charge on any atom is 0.231 e. The summed E-state index contributed by atoms with van der Waals surface area (Å²) in [7, 11) is 0. The second-order valence-corrected chi connectivity index (χ2v) is 6.83. The highest BCUT2D eigenvalue weighted by Gasteiger charge is 2.28. The largest absolute Gasteiger partial charge is 0.310 e. The van der Waals surface area contributed by atoms with Crippen LogP contribution in [0.4, 0.5) is 5.13 Å². The number of thiazole rings is 1. The molecular formula is C13H18N4OS. The summed E-state index contributed by atoms with van der Waals surface area (Å²) < 4.78 is 0. The van der Waals surface area contributed by atoms with Gasteiger partial charge in [0.1, 0.15) is 0 Å². The van der Waals surface area contributed by atoms with Crippen LogP contribution in [-0.2, 0) is 10.2 Å². The Hall–Kier alpha value is -1.61. The number of hydrogen-bond donors (Lipinski definition) is 1. The van der Waals surface area contributed by atoms with Crippen molar-refractivity contribution in [1.82, 2.24) is 9.88 Å². The molecular weight excluding hydrogens is 260 g/mol. The van der Waals surface area contributed by atoms with Gasteiger partial charge in [0.25, 0.3) is 0 Å². The minimum Gasteiger partial charge on any atom is -0.310 e. The van der Waals surface area contributed by atoms with Gasteiger partial charge in [-0.05, 0) is 11.8 Å². The highest BCUT2D eigenvalue weighted by molar-refractivity contribution is 7.15. The first-order chi connectivity index (χ1) is 8.90. The number of likely N-dealkylation sites (tertiary alicyclic amines) is 1. The molecule has 1 amide bonds. The maximum atomic E-state index is 12.1. The van der Waals surface area contributed by atoms with Gasteiger partial charge < -0.3 is 10.2 Å². The number of carbonyl (C=O) groups excluding carboxylic acids is 1. The quantitative estimate of drug-likeness (QED) is 0.842. The number of nitrogens with one attached hydrogen (secondary N) is 1. The van der Waals surface area contributed by atoms with Crippen LogP contribution in [0.3, 0.4) is 0 Å². The first kappa shape index (κ1) is 13.8. The van der Waals surface area contributed by atoms with E-state index in [1.165, 1.54) is 11.3 Å². The Morgan fingerprint density at radius 3 is 2.89 bits per heavy atom. The van der Waals surface area contributed by atoms with Crippen LogP contribution in [0, 0.1) is 17.4 Å². The monoisotopic (exact) mass is 278 g/mol. The van der Waals surface area contributed by atoms with Crippen LogP contribution in [0.5, 0.6) is 0 Å². The summed E-state index contributed by atoms with van der Waals surface area (Å²) in [6.07, 6.45) is 4.63. The molecule has 1 aliphatic heterocycles. The van der Waals surface area contributed by atoms with Crippen LogP contribution in [0.15, 0.2) is 6.20 Å². The standard InChI is InChI=1S/C13H18N4OS/c1-13(2,3)10-6-15-12(19-10)16-11(18)9-4-5-17(7-9)8-14/h6,9H,4-5,7H2,1-3H3,(H,15,16,18). The van der Waals surface area contributed by atoms with Gasteiger partial charge in [-0.25, -0.2) is 4.98 Å². The van der Waals surface area contributed by atoms with Crippen LogP contribution in [0.25, 0.3) is 0 Å². The molecule has 0 bridgehead atoms. The van der Waals surface area contributed by atoms with Gasteiger partial charge in [0, 0.05) is 24.2 Å². The number of rotatable bonds is 2. The summed E-state index contributed by atoms with van der Waals surface area (Å²) in [5.41, 5.74) is 0.0472. The van der Waals surface area contributed by atoms with Gasteiger partial charge in [-0.15, -0.1) is 11.3 Å². The van der Waals surface area contributed by atoms with Crippen molar-refractivity contribution < 1.29 is 4.79 Å². The highest BCUT2D eigenvalue weighted by atomic mass is 32.1. The highest BCUT2D eigenvalue weighted by Crippen LogP contribution is 2.30. The van der Waals surface area contributed by atoms with E-state index in [-0.39, 0.29) is 17.2 Å². The van der Waals surface area contributed by atoms with Crippen molar-refractivity contribution in [3.8, 4) is 6.19 Å². The van der Waals surface area contributed by atoms with Crippen molar-refractivity contribution in [2.45, 2.75) is 32.6 Å². The van der Waals surface area contributed by atoms with Gasteiger partial charge in [-0.1, -0.05) is 20.8 Å². The molecule has 1 aliphatic rings. The fraction of sp³-hybridized carbons (Fsp3) is 0.615. The Kier molecular flexibility index (Phi) is 3.76. The van der Waals surface area contributed by atoms with Crippen molar-refractivity contribution in [2.75, 3.05) is 18.4 Å². The average Bonchev–Trinajstić information content (AvgIpc) is 2.95. The third kappa shape index (κ3) is 3.24. The number of amides is 1. The topological polar surface area (TPSA) is 69.0 Å². The molecule has 0 aromatic carbocycles. The molecule has 0 saturated carbocycles. The number of aromatic nitrogens is 1. The Balaban J connectivity index is 1.97. The van der Waals surface area contributed by atoms with E-state index in [9.17, 15) is 4.79 Å². The van der Waals surface area contributed by atoms with Crippen LogP contribution < -0.4 is 5.32 Å². The fourth-order valence-electron chi connectivity index (χ4n) is 1.95. The van der Waals surface area contributed by atoms with Gasteiger partial charge in [0.15, 0.2) is 11.3 Å².